The zero-order chi connectivity index (χ0) is 13.1. The van der Waals surface area contributed by atoms with Gasteiger partial charge in [0.25, 0.3) is 0 Å². The fourth-order valence-corrected chi connectivity index (χ4v) is 1.14. The molecule has 0 unspecified atom stereocenters. The summed E-state index contributed by atoms with van der Waals surface area (Å²) in [6.07, 6.45) is -2.70. The average Bonchev–Trinajstić information content (AvgIpc) is 2.24. The van der Waals surface area contributed by atoms with E-state index in [2.05, 4.69) is 0 Å². The molecule has 0 aliphatic carbocycles. The van der Waals surface area contributed by atoms with Gasteiger partial charge in [-0.3, -0.25) is 0 Å². The zero-order valence-electron chi connectivity index (χ0n) is 8.32. The molecule has 0 saturated carbocycles. The van der Waals surface area contributed by atoms with Crippen molar-refractivity contribution in [2.45, 2.75) is 6.18 Å². The average molecular weight is 241 g/mol. The summed E-state index contributed by atoms with van der Waals surface area (Å²) in [5.74, 6) is -1.24. The largest absolute Gasteiger partial charge is 0.478 e. The third-order valence-corrected chi connectivity index (χ3v) is 1.91. The molecule has 0 heterocycles. The van der Waals surface area contributed by atoms with Crippen molar-refractivity contribution < 1.29 is 23.1 Å². The molecule has 1 aromatic carbocycles. The number of carboxylic acids is 1. The quantitative estimate of drug-likeness (QED) is 0.809. The molecule has 0 amide bonds. The van der Waals surface area contributed by atoms with Gasteiger partial charge >= 0.3 is 12.1 Å². The molecule has 0 aliphatic rings. The molecule has 0 atom stereocenters. The van der Waals surface area contributed by atoms with Crippen molar-refractivity contribution in [3.05, 3.63) is 41.0 Å². The van der Waals surface area contributed by atoms with Crippen LogP contribution in [0.5, 0.6) is 0 Å². The maximum absolute atomic E-state index is 12.3. The van der Waals surface area contributed by atoms with Crippen LogP contribution in [0.25, 0.3) is 6.08 Å². The molecule has 0 saturated heterocycles. The lowest BCUT2D eigenvalue weighted by atomic mass is 10.0. The van der Waals surface area contributed by atoms with Crippen LogP contribution in [0, 0.1) is 11.3 Å². The van der Waals surface area contributed by atoms with Crippen molar-refractivity contribution in [3.63, 3.8) is 0 Å². The molecule has 3 nitrogen and oxygen atoms in total. The molecule has 1 N–H and O–H groups in total. The SMILES string of the molecule is N#Cc1cc(C(F)(F)F)ccc1C=CC(=O)O. The Morgan fingerprint density at radius 2 is 2.06 bits per heavy atom. The van der Waals surface area contributed by atoms with Gasteiger partial charge in [-0.2, -0.15) is 18.4 Å². The zero-order valence-corrected chi connectivity index (χ0v) is 8.32. The summed E-state index contributed by atoms with van der Waals surface area (Å²) in [7, 11) is 0. The van der Waals surface area contributed by atoms with Gasteiger partial charge in [0.05, 0.1) is 17.2 Å². The first-order valence-electron chi connectivity index (χ1n) is 4.37. The maximum atomic E-state index is 12.3. The summed E-state index contributed by atoms with van der Waals surface area (Å²) in [6.45, 7) is 0. The summed E-state index contributed by atoms with van der Waals surface area (Å²) in [5, 5.41) is 17.0. The van der Waals surface area contributed by atoms with E-state index in [1.807, 2.05) is 0 Å². The van der Waals surface area contributed by atoms with Crippen molar-refractivity contribution in [2.75, 3.05) is 0 Å². The van der Waals surface area contributed by atoms with Gasteiger partial charge in [0, 0.05) is 6.08 Å². The second kappa shape index (κ2) is 4.70. The number of aliphatic carboxylic acids is 1. The predicted octanol–water partition coefficient (Wildman–Crippen LogP) is 2.67. The standard InChI is InChI=1S/C11H6F3NO2/c12-11(13,14)9-3-1-7(2-4-10(16)17)8(5-9)6-15/h1-5H,(H,16,17). The number of nitrogens with zero attached hydrogens (tertiary/aromatic N) is 1. The Kier molecular flexibility index (Phi) is 3.53. The van der Waals surface area contributed by atoms with E-state index in [1.54, 1.807) is 6.07 Å². The third kappa shape index (κ3) is 3.34. The van der Waals surface area contributed by atoms with Crippen LogP contribution in [-0.2, 0) is 11.0 Å². The van der Waals surface area contributed by atoms with Crippen molar-refractivity contribution in [1.29, 1.82) is 5.26 Å². The Balaban J connectivity index is 3.20. The fraction of sp³-hybridized carbons (Fsp3) is 0.0909. The minimum absolute atomic E-state index is 0.128. The van der Waals surface area contributed by atoms with E-state index in [0.29, 0.717) is 6.07 Å². The lowest BCUT2D eigenvalue weighted by Gasteiger charge is -2.07. The maximum Gasteiger partial charge on any atom is 0.416 e. The Morgan fingerprint density at radius 3 is 2.53 bits per heavy atom. The van der Waals surface area contributed by atoms with E-state index in [9.17, 15) is 18.0 Å². The topological polar surface area (TPSA) is 61.1 Å². The van der Waals surface area contributed by atoms with Gasteiger partial charge in [-0.1, -0.05) is 6.07 Å². The van der Waals surface area contributed by atoms with Crippen LogP contribution in [0.1, 0.15) is 16.7 Å². The number of carbonyl (C=O) groups is 1. The number of hydrogen-bond acceptors (Lipinski definition) is 2. The first-order chi connectivity index (χ1) is 7.84. The van der Waals surface area contributed by atoms with E-state index >= 15 is 0 Å². The molecule has 0 spiro atoms. The van der Waals surface area contributed by atoms with Gasteiger partial charge in [-0.25, -0.2) is 4.79 Å². The minimum atomic E-state index is -4.53. The molecule has 0 aliphatic heterocycles. The Labute approximate surface area is 94.4 Å². The number of carboxylic acid groups (broad SMARTS) is 1. The van der Waals surface area contributed by atoms with Crippen LogP contribution in [0.15, 0.2) is 24.3 Å². The number of halogens is 3. The summed E-state index contributed by atoms with van der Waals surface area (Å²) >= 11 is 0. The number of hydrogen-bond donors (Lipinski definition) is 1. The molecule has 0 bridgehead atoms. The van der Waals surface area contributed by atoms with Crippen LogP contribution in [0.3, 0.4) is 0 Å². The molecule has 1 rings (SSSR count). The van der Waals surface area contributed by atoms with Crippen LogP contribution >= 0.6 is 0 Å². The highest BCUT2D eigenvalue weighted by molar-refractivity contribution is 5.85. The Bertz CT molecular complexity index is 512. The predicted molar refractivity (Wildman–Crippen MR) is 52.8 cm³/mol. The molecule has 17 heavy (non-hydrogen) atoms. The second-order valence-electron chi connectivity index (χ2n) is 3.08. The number of alkyl halides is 3. The van der Waals surface area contributed by atoms with Gasteiger partial charge in [-0.15, -0.1) is 0 Å². The van der Waals surface area contributed by atoms with E-state index in [4.69, 9.17) is 10.4 Å². The lowest BCUT2D eigenvalue weighted by molar-refractivity contribution is -0.137. The van der Waals surface area contributed by atoms with Crippen molar-refractivity contribution in [2.24, 2.45) is 0 Å². The van der Waals surface area contributed by atoms with Crippen LogP contribution < -0.4 is 0 Å². The molecule has 0 radical (unpaired) electrons. The summed E-state index contributed by atoms with van der Waals surface area (Å²) in [5.41, 5.74) is -1.04. The van der Waals surface area contributed by atoms with Gasteiger partial charge in [0.15, 0.2) is 0 Å². The number of nitriles is 1. The van der Waals surface area contributed by atoms with Gasteiger partial charge < -0.3 is 5.11 Å². The number of benzene rings is 1. The van der Waals surface area contributed by atoms with Crippen LogP contribution in [-0.4, -0.2) is 11.1 Å². The summed E-state index contributed by atoms with van der Waals surface area (Å²) in [4.78, 5) is 10.2. The van der Waals surface area contributed by atoms with Gasteiger partial charge in [0.1, 0.15) is 0 Å². The smallest absolute Gasteiger partial charge is 0.416 e. The summed E-state index contributed by atoms with van der Waals surface area (Å²) < 4.78 is 37.0. The van der Waals surface area contributed by atoms with Gasteiger partial charge in [0.2, 0.25) is 0 Å². The Morgan fingerprint density at radius 1 is 1.41 bits per heavy atom. The fourth-order valence-electron chi connectivity index (χ4n) is 1.14. The lowest BCUT2D eigenvalue weighted by Crippen LogP contribution is -2.05. The second-order valence-corrected chi connectivity index (χ2v) is 3.08. The highest BCUT2D eigenvalue weighted by atomic mass is 19.4. The Hall–Kier alpha value is -2.29. The van der Waals surface area contributed by atoms with Crippen LogP contribution in [0.4, 0.5) is 13.2 Å². The van der Waals surface area contributed by atoms with Crippen molar-refractivity contribution in [3.8, 4) is 6.07 Å². The molecule has 6 heteroatoms. The molecular formula is C11H6F3NO2. The highest BCUT2D eigenvalue weighted by Gasteiger charge is 2.30. The number of rotatable bonds is 2. The first kappa shape index (κ1) is 12.8. The minimum Gasteiger partial charge on any atom is -0.478 e. The van der Waals surface area contributed by atoms with Gasteiger partial charge in [-0.05, 0) is 23.8 Å². The molecule has 0 fully saturated rings. The molecule has 88 valence electrons. The highest BCUT2D eigenvalue weighted by Crippen LogP contribution is 2.30. The van der Waals surface area contributed by atoms with Crippen molar-refractivity contribution >= 4 is 12.0 Å². The van der Waals surface area contributed by atoms with E-state index < -0.39 is 17.7 Å². The summed E-state index contributed by atoms with van der Waals surface area (Å²) in [6, 6.07) is 4.12. The first-order valence-corrected chi connectivity index (χ1v) is 4.37. The molecule has 0 aromatic heterocycles. The van der Waals surface area contributed by atoms with E-state index in [1.165, 1.54) is 0 Å². The third-order valence-electron chi connectivity index (χ3n) is 1.91. The van der Waals surface area contributed by atoms with E-state index in [0.717, 1.165) is 24.3 Å². The normalized spacial score (nSPS) is 11.4. The van der Waals surface area contributed by atoms with E-state index in [-0.39, 0.29) is 11.1 Å². The van der Waals surface area contributed by atoms with Crippen LogP contribution in [0.2, 0.25) is 0 Å². The molecule has 1 aromatic rings. The molecular weight excluding hydrogens is 235 g/mol. The van der Waals surface area contributed by atoms with Crippen molar-refractivity contribution in [1.82, 2.24) is 0 Å². The monoisotopic (exact) mass is 241 g/mol.